The predicted octanol–water partition coefficient (Wildman–Crippen LogP) is 3.03. The van der Waals surface area contributed by atoms with Gasteiger partial charge >= 0.3 is 0 Å². The van der Waals surface area contributed by atoms with Gasteiger partial charge in [-0.3, -0.25) is 9.59 Å². The van der Waals surface area contributed by atoms with Crippen LogP contribution in [0.1, 0.15) is 25.0 Å². The summed E-state index contributed by atoms with van der Waals surface area (Å²) in [5.41, 5.74) is 4.01. The van der Waals surface area contributed by atoms with E-state index >= 15 is 0 Å². The molecule has 2 aromatic rings. The van der Waals surface area contributed by atoms with E-state index in [1.165, 1.54) is 31.4 Å². The molecule has 7 heteroatoms. The number of carbonyl (C=O) groups excluding carboxylic acids is 2. The molecule has 0 fully saturated rings. The monoisotopic (exact) mass is 357 g/mol. The first-order chi connectivity index (χ1) is 12.5. The number of amides is 2. The number of hydrazone groups is 1. The molecular formula is C19H20FN3O3. The molecule has 0 saturated heterocycles. The zero-order chi connectivity index (χ0) is 18.9. The normalized spacial score (nSPS) is 12.3. The molecule has 0 aliphatic carbocycles. The fourth-order valence-electron chi connectivity index (χ4n) is 2.24. The number of hydrogen-bond acceptors (Lipinski definition) is 4. The summed E-state index contributed by atoms with van der Waals surface area (Å²) in [6.07, 6.45) is -0.804. The summed E-state index contributed by atoms with van der Waals surface area (Å²) < 4.78 is 18.1. The van der Waals surface area contributed by atoms with Crippen molar-refractivity contribution >= 4 is 23.2 Å². The molecule has 0 radical (unpaired) electrons. The number of halogens is 1. The SMILES string of the molecule is CO[C@H](C(=O)N/N=C(/C)CC(=O)Nc1ccc(F)cc1)c1ccccc1. The van der Waals surface area contributed by atoms with Crippen LogP contribution in [0.2, 0.25) is 0 Å². The van der Waals surface area contributed by atoms with Crippen LogP contribution in [0.25, 0.3) is 0 Å². The average molecular weight is 357 g/mol. The highest BCUT2D eigenvalue weighted by molar-refractivity contribution is 6.05. The molecule has 2 N–H and O–H groups in total. The maximum Gasteiger partial charge on any atom is 0.273 e. The number of ether oxygens (including phenoxy) is 1. The van der Waals surface area contributed by atoms with Crippen molar-refractivity contribution in [3.8, 4) is 0 Å². The first-order valence-electron chi connectivity index (χ1n) is 7.95. The van der Waals surface area contributed by atoms with E-state index in [4.69, 9.17) is 4.74 Å². The summed E-state index contributed by atoms with van der Waals surface area (Å²) >= 11 is 0. The Hall–Kier alpha value is -3.06. The Morgan fingerprint density at radius 1 is 1.12 bits per heavy atom. The second-order valence-electron chi connectivity index (χ2n) is 5.58. The predicted molar refractivity (Wildman–Crippen MR) is 97.1 cm³/mol. The maximum atomic E-state index is 12.8. The Kier molecular flexibility index (Phi) is 6.99. The van der Waals surface area contributed by atoms with E-state index < -0.39 is 12.0 Å². The number of methoxy groups -OCH3 is 1. The largest absolute Gasteiger partial charge is 0.367 e. The van der Waals surface area contributed by atoms with Crippen molar-refractivity contribution in [2.75, 3.05) is 12.4 Å². The van der Waals surface area contributed by atoms with Crippen molar-refractivity contribution in [1.29, 1.82) is 0 Å². The van der Waals surface area contributed by atoms with E-state index in [1.54, 1.807) is 19.1 Å². The Morgan fingerprint density at radius 3 is 2.38 bits per heavy atom. The minimum absolute atomic E-state index is 0.0133. The lowest BCUT2D eigenvalue weighted by molar-refractivity contribution is -0.131. The van der Waals surface area contributed by atoms with Crippen LogP contribution >= 0.6 is 0 Å². The molecule has 0 bridgehead atoms. The van der Waals surface area contributed by atoms with Gasteiger partial charge in [0.25, 0.3) is 5.91 Å². The van der Waals surface area contributed by atoms with E-state index in [2.05, 4.69) is 15.8 Å². The molecule has 0 aromatic heterocycles. The van der Waals surface area contributed by atoms with Crippen LogP contribution in [-0.2, 0) is 14.3 Å². The summed E-state index contributed by atoms with van der Waals surface area (Å²) in [6, 6.07) is 14.5. The van der Waals surface area contributed by atoms with Crippen molar-refractivity contribution < 1.29 is 18.7 Å². The van der Waals surface area contributed by atoms with Crippen molar-refractivity contribution in [3.05, 3.63) is 66.0 Å². The molecule has 26 heavy (non-hydrogen) atoms. The minimum atomic E-state index is -0.791. The van der Waals surface area contributed by atoms with Gasteiger partial charge in [0.05, 0.1) is 6.42 Å². The molecule has 0 saturated carbocycles. The van der Waals surface area contributed by atoms with Gasteiger partial charge in [-0.15, -0.1) is 0 Å². The Bertz CT molecular complexity index is 776. The molecule has 0 unspecified atom stereocenters. The van der Waals surface area contributed by atoms with E-state index in [-0.39, 0.29) is 18.1 Å². The molecule has 6 nitrogen and oxygen atoms in total. The van der Waals surface area contributed by atoms with E-state index in [9.17, 15) is 14.0 Å². The van der Waals surface area contributed by atoms with Gasteiger partial charge in [0.2, 0.25) is 5.91 Å². The van der Waals surface area contributed by atoms with E-state index in [1.807, 2.05) is 18.2 Å². The van der Waals surface area contributed by atoms with E-state index in [0.717, 1.165) is 0 Å². The molecule has 136 valence electrons. The van der Waals surface area contributed by atoms with Crippen LogP contribution in [0.4, 0.5) is 10.1 Å². The van der Waals surface area contributed by atoms with Crippen LogP contribution in [0.15, 0.2) is 59.7 Å². The lowest BCUT2D eigenvalue weighted by Crippen LogP contribution is -2.28. The average Bonchev–Trinajstić information content (AvgIpc) is 2.63. The number of hydrogen-bond donors (Lipinski definition) is 2. The van der Waals surface area contributed by atoms with Gasteiger partial charge in [0, 0.05) is 18.5 Å². The first kappa shape index (κ1) is 19.3. The highest BCUT2D eigenvalue weighted by Gasteiger charge is 2.19. The number of rotatable bonds is 7. The Labute approximate surface area is 151 Å². The van der Waals surface area contributed by atoms with Crippen molar-refractivity contribution in [3.63, 3.8) is 0 Å². The Balaban J connectivity index is 1.89. The fraction of sp³-hybridized carbons (Fsp3) is 0.211. The van der Waals surface area contributed by atoms with Gasteiger partial charge in [-0.25, -0.2) is 9.82 Å². The van der Waals surface area contributed by atoms with Crippen LogP contribution in [-0.4, -0.2) is 24.6 Å². The molecule has 0 aliphatic rings. The molecule has 0 heterocycles. The van der Waals surface area contributed by atoms with Crippen molar-refractivity contribution in [2.45, 2.75) is 19.4 Å². The number of nitrogens with zero attached hydrogens (tertiary/aromatic N) is 1. The van der Waals surface area contributed by atoms with Gasteiger partial charge in [-0.05, 0) is 36.8 Å². The van der Waals surface area contributed by atoms with Crippen LogP contribution in [0.3, 0.4) is 0 Å². The summed E-state index contributed by atoms with van der Waals surface area (Å²) in [6.45, 7) is 1.62. The molecule has 2 aromatic carbocycles. The highest BCUT2D eigenvalue weighted by atomic mass is 19.1. The van der Waals surface area contributed by atoms with Gasteiger partial charge < -0.3 is 10.1 Å². The topological polar surface area (TPSA) is 79.8 Å². The first-order valence-corrected chi connectivity index (χ1v) is 7.95. The maximum absolute atomic E-state index is 12.8. The number of nitrogens with one attached hydrogen (secondary N) is 2. The van der Waals surface area contributed by atoms with Crippen LogP contribution < -0.4 is 10.7 Å². The van der Waals surface area contributed by atoms with Gasteiger partial charge in [-0.2, -0.15) is 5.10 Å². The Morgan fingerprint density at radius 2 is 1.77 bits per heavy atom. The number of benzene rings is 2. The zero-order valence-corrected chi connectivity index (χ0v) is 14.5. The molecule has 0 aliphatic heterocycles. The summed E-state index contributed by atoms with van der Waals surface area (Å²) in [4.78, 5) is 24.1. The fourth-order valence-corrected chi connectivity index (χ4v) is 2.24. The lowest BCUT2D eigenvalue weighted by atomic mass is 10.1. The summed E-state index contributed by atoms with van der Waals surface area (Å²) in [5, 5.41) is 6.55. The van der Waals surface area contributed by atoms with Crippen molar-refractivity contribution in [2.24, 2.45) is 5.10 Å². The molecule has 1 atom stereocenters. The van der Waals surface area contributed by atoms with Gasteiger partial charge in [0.1, 0.15) is 5.82 Å². The smallest absolute Gasteiger partial charge is 0.273 e. The third-order valence-corrected chi connectivity index (χ3v) is 3.48. The third-order valence-electron chi connectivity index (χ3n) is 3.48. The summed E-state index contributed by atoms with van der Waals surface area (Å²) in [5.74, 6) is -1.13. The van der Waals surface area contributed by atoms with Crippen LogP contribution in [0, 0.1) is 5.82 Å². The second kappa shape index (κ2) is 9.43. The molecule has 2 rings (SSSR count). The van der Waals surface area contributed by atoms with Gasteiger partial charge in [0.15, 0.2) is 6.10 Å². The molecule has 0 spiro atoms. The minimum Gasteiger partial charge on any atom is -0.367 e. The second-order valence-corrected chi connectivity index (χ2v) is 5.58. The molecular weight excluding hydrogens is 337 g/mol. The quantitative estimate of drug-likeness (QED) is 0.590. The third kappa shape index (κ3) is 5.78. The zero-order valence-electron chi connectivity index (χ0n) is 14.5. The van der Waals surface area contributed by atoms with Crippen LogP contribution in [0.5, 0.6) is 0 Å². The number of carbonyl (C=O) groups is 2. The standard InChI is InChI=1S/C19H20FN3O3/c1-13(12-17(24)21-16-10-8-15(20)9-11-16)22-23-19(25)18(26-2)14-6-4-3-5-7-14/h3-11,18H,12H2,1-2H3,(H,21,24)(H,23,25)/b22-13-/t18-/m0/s1. The highest BCUT2D eigenvalue weighted by Crippen LogP contribution is 2.16. The van der Waals surface area contributed by atoms with Gasteiger partial charge in [-0.1, -0.05) is 30.3 Å². The number of anilines is 1. The van der Waals surface area contributed by atoms with Crippen molar-refractivity contribution in [1.82, 2.24) is 5.43 Å². The van der Waals surface area contributed by atoms with E-state index in [0.29, 0.717) is 17.0 Å². The lowest BCUT2D eigenvalue weighted by Gasteiger charge is -2.14. The summed E-state index contributed by atoms with van der Waals surface area (Å²) in [7, 11) is 1.43. The molecule has 2 amide bonds.